The summed E-state index contributed by atoms with van der Waals surface area (Å²) in [6.07, 6.45) is 2.38. The molecule has 0 saturated carbocycles. The zero-order valence-electron chi connectivity index (χ0n) is 14.7. The second-order valence-corrected chi connectivity index (χ2v) is 7.20. The van der Waals surface area contributed by atoms with Crippen LogP contribution in [0.2, 0.25) is 10.0 Å². The number of benzene rings is 2. The summed E-state index contributed by atoms with van der Waals surface area (Å²) in [5.74, 6) is 1.48. The van der Waals surface area contributed by atoms with E-state index in [0.29, 0.717) is 28.9 Å². The molecule has 0 aliphatic carbocycles. The number of rotatable bonds is 8. The van der Waals surface area contributed by atoms with Crippen LogP contribution in [0.5, 0.6) is 11.5 Å². The predicted molar refractivity (Wildman–Crippen MR) is 106 cm³/mol. The maximum atomic E-state index is 6.13. The lowest BCUT2D eigenvalue weighted by atomic mass is 10.2. The van der Waals surface area contributed by atoms with Crippen LogP contribution in [0, 0.1) is 0 Å². The lowest BCUT2D eigenvalue weighted by Gasteiger charge is -2.17. The molecule has 26 heavy (non-hydrogen) atoms. The van der Waals surface area contributed by atoms with E-state index in [9.17, 15) is 0 Å². The van der Waals surface area contributed by atoms with E-state index in [0.717, 1.165) is 30.9 Å². The van der Waals surface area contributed by atoms with Gasteiger partial charge in [0, 0.05) is 17.3 Å². The second kappa shape index (κ2) is 9.36. The number of ether oxygens (including phenoxy) is 3. The Morgan fingerprint density at radius 2 is 2.00 bits per heavy atom. The van der Waals surface area contributed by atoms with Crippen LogP contribution >= 0.6 is 23.2 Å². The average molecular weight is 396 g/mol. The van der Waals surface area contributed by atoms with Crippen LogP contribution in [0.4, 0.5) is 5.69 Å². The van der Waals surface area contributed by atoms with Gasteiger partial charge in [-0.05, 0) is 62.2 Å². The Bertz CT molecular complexity index is 703. The molecule has 1 aliphatic rings. The standard InChI is InChI=1S/C20H23Cl2NO3/c1-14(26-20-9-4-15(21)11-19(20)22)12-23-16-5-7-17(8-6-16)25-13-18-3-2-10-24-18/h4-9,11,14,18,23H,2-3,10,12-13H2,1H3/t14-,18-/m1/s1. The lowest BCUT2D eigenvalue weighted by Crippen LogP contribution is -2.22. The van der Waals surface area contributed by atoms with Crippen molar-refractivity contribution in [2.24, 2.45) is 0 Å². The van der Waals surface area contributed by atoms with Gasteiger partial charge in [0.05, 0.1) is 17.7 Å². The topological polar surface area (TPSA) is 39.7 Å². The zero-order chi connectivity index (χ0) is 18.4. The summed E-state index contributed by atoms with van der Waals surface area (Å²) in [6.45, 7) is 4.09. The van der Waals surface area contributed by atoms with Gasteiger partial charge in [0.1, 0.15) is 24.2 Å². The van der Waals surface area contributed by atoms with Gasteiger partial charge in [-0.1, -0.05) is 23.2 Å². The summed E-state index contributed by atoms with van der Waals surface area (Å²) < 4.78 is 17.2. The summed E-state index contributed by atoms with van der Waals surface area (Å²) in [5.41, 5.74) is 1.01. The summed E-state index contributed by atoms with van der Waals surface area (Å²) in [4.78, 5) is 0. The monoisotopic (exact) mass is 395 g/mol. The first-order valence-electron chi connectivity index (χ1n) is 8.80. The third kappa shape index (κ3) is 5.70. The van der Waals surface area contributed by atoms with Gasteiger partial charge in [0.2, 0.25) is 0 Å². The molecule has 1 aliphatic heterocycles. The van der Waals surface area contributed by atoms with Crippen LogP contribution in [-0.4, -0.2) is 32.0 Å². The fraction of sp³-hybridized carbons (Fsp3) is 0.400. The van der Waals surface area contributed by atoms with Crippen LogP contribution in [0.1, 0.15) is 19.8 Å². The third-order valence-corrected chi connectivity index (χ3v) is 4.66. The minimum absolute atomic E-state index is 0.0517. The van der Waals surface area contributed by atoms with Crippen molar-refractivity contribution in [2.45, 2.75) is 32.0 Å². The van der Waals surface area contributed by atoms with Crippen LogP contribution in [0.3, 0.4) is 0 Å². The first kappa shape index (κ1) is 19.2. The Morgan fingerprint density at radius 3 is 2.69 bits per heavy atom. The van der Waals surface area contributed by atoms with Crippen molar-refractivity contribution in [1.29, 1.82) is 0 Å². The highest BCUT2D eigenvalue weighted by atomic mass is 35.5. The van der Waals surface area contributed by atoms with Gasteiger partial charge < -0.3 is 19.5 Å². The third-order valence-electron chi connectivity index (χ3n) is 4.13. The van der Waals surface area contributed by atoms with Crippen LogP contribution in [0.25, 0.3) is 0 Å². The molecule has 0 aromatic heterocycles. The highest BCUT2D eigenvalue weighted by Crippen LogP contribution is 2.28. The minimum Gasteiger partial charge on any atom is -0.491 e. The van der Waals surface area contributed by atoms with Crippen molar-refractivity contribution in [1.82, 2.24) is 0 Å². The van der Waals surface area contributed by atoms with Crippen molar-refractivity contribution in [2.75, 3.05) is 25.1 Å². The van der Waals surface area contributed by atoms with E-state index in [1.807, 2.05) is 31.2 Å². The van der Waals surface area contributed by atoms with Gasteiger partial charge in [0.15, 0.2) is 0 Å². The predicted octanol–water partition coefficient (Wildman–Crippen LogP) is 5.43. The second-order valence-electron chi connectivity index (χ2n) is 6.35. The smallest absolute Gasteiger partial charge is 0.138 e. The first-order valence-corrected chi connectivity index (χ1v) is 9.56. The minimum atomic E-state index is -0.0517. The molecule has 3 rings (SSSR count). The maximum Gasteiger partial charge on any atom is 0.138 e. The quantitative estimate of drug-likeness (QED) is 0.646. The van der Waals surface area contributed by atoms with Gasteiger partial charge in [-0.3, -0.25) is 0 Å². The SMILES string of the molecule is C[C@H](CNc1ccc(OC[C@H]2CCCO2)cc1)Oc1ccc(Cl)cc1Cl. The van der Waals surface area contributed by atoms with E-state index in [1.165, 1.54) is 0 Å². The molecule has 140 valence electrons. The summed E-state index contributed by atoms with van der Waals surface area (Å²) in [7, 11) is 0. The van der Waals surface area contributed by atoms with E-state index in [-0.39, 0.29) is 12.2 Å². The van der Waals surface area contributed by atoms with Crippen molar-refractivity contribution in [3.63, 3.8) is 0 Å². The summed E-state index contributed by atoms with van der Waals surface area (Å²) in [5, 5.41) is 4.45. The molecule has 2 aromatic carbocycles. The normalized spacial score (nSPS) is 17.7. The maximum absolute atomic E-state index is 6.13. The van der Waals surface area contributed by atoms with Crippen LogP contribution in [-0.2, 0) is 4.74 Å². The molecule has 0 spiro atoms. The number of hydrogen-bond donors (Lipinski definition) is 1. The Labute approximate surface area is 164 Å². The van der Waals surface area contributed by atoms with E-state index in [2.05, 4.69) is 5.32 Å². The molecule has 1 fully saturated rings. The number of halogens is 2. The van der Waals surface area contributed by atoms with Crippen molar-refractivity contribution >= 4 is 28.9 Å². The molecule has 0 radical (unpaired) electrons. The Kier molecular flexibility index (Phi) is 6.89. The average Bonchev–Trinajstić information content (AvgIpc) is 3.15. The van der Waals surface area contributed by atoms with Crippen LogP contribution < -0.4 is 14.8 Å². The van der Waals surface area contributed by atoms with Gasteiger partial charge >= 0.3 is 0 Å². The molecule has 1 saturated heterocycles. The highest BCUT2D eigenvalue weighted by molar-refractivity contribution is 6.35. The lowest BCUT2D eigenvalue weighted by molar-refractivity contribution is 0.0679. The molecule has 0 amide bonds. The van der Waals surface area contributed by atoms with Gasteiger partial charge in [-0.15, -0.1) is 0 Å². The van der Waals surface area contributed by atoms with Crippen molar-refractivity contribution in [3.05, 3.63) is 52.5 Å². The Morgan fingerprint density at radius 1 is 1.19 bits per heavy atom. The molecular weight excluding hydrogens is 373 g/mol. The summed E-state index contributed by atoms with van der Waals surface area (Å²) in [6, 6.07) is 13.1. The molecular formula is C20H23Cl2NO3. The van der Waals surface area contributed by atoms with E-state index < -0.39 is 0 Å². The fourth-order valence-electron chi connectivity index (χ4n) is 2.72. The first-order chi connectivity index (χ1) is 12.6. The molecule has 1 N–H and O–H groups in total. The summed E-state index contributed by atoms with van der Waals surface area (Å²) >= 11 is 12.0. The van der Waals surface area contributed by atoms with Crippen LogP contribution in [0.15, 0.2) is 42.5 Å². The molecule has 2 atom stereocenters. The van der Waals surface area contributed by atoms with E-state index in [4.69, 9.17) is 37.4 Å². The molecule has 4 nitrogen and oxygen atoms in total. The largest absolute Gasteiger partial charge is 0.491 e. The Balaban J connectivity index is 1.43. The molecule has 6 heteroatoms. The molecule has 1 heterocycles. The van der Waals surface area contributed by atoms with Gasteiger partial charge in [-0.2, -0.15) is 0 Å². The fourth-order valence-corrected chi connectivity index (χ4v) is 3.18. The molecule has 0 unspecified atom stereocenters. The zero-order valence-corrected chi connectivity index (χ0v) is 16.2. The van der Waals surface area contributed by atoms with Crippen molar-refractivity contribution < 1.29 is 14.2 Å². The molecule has 0 bridgehead atoms. The highest BCUT2D eigenvalue weighted by Gasteiger charge is 2.15. The number of anilines is 1. The number of nitrogens with one attached hydrogen (secondary N) is 1. The number of hydrogen-bond acceptors (Lipinski definition) is 4. The molecule has 2 aromatic rings. The van der Waals surface area contributed by atoms with Crippen molar-refractivity contribution in [3.8, 4) is 11.5 Å². The van der Waals surface area contributed by atoms with E-state index >= 15 is 0 Å². The van der Waals surface area contributed by atoms with E-state index in [1.54, 1.807) is 18.2 Å². The van der Waals surface area contributed by atoms with Gasteiger partial charge in [-0.25, -0.2) is 0 Å². The Hall–Kier alpha value is -1.62. The van der Waals surface area contributed by atoms with Gasteiger partial charge in [0.25, 0.3) is 0 Å².